The Bertz CT molecular complexity index is 204. The maximum atomic E-state index is 10.7. The Morgan fingerprint density at radius 1 is 1.70 bits per heavy atom. The topological polar surface area (TPSA) is 41.1 Å². The number of nitrogens with one attached hydrogen (secondary N) is 2. The average Bonchev–Trinajstić information content (AvgIpc) is 2.33. The summed E-state index contributed by atoms with van der Waals surface area (Å²) >= 11 is 0. The molecule has 0 saturated carbocycles. The Morgan fingerprint density at radius 3 is 3.50 bits per heavy atom. The van der Waals surface area contributed by atoms with Gasteiger partial charge >= 0.3 is 6.03 Å². The Kier molecular flexibility index (Phi) is 1.54. The second kappa shape index (κ2) is 2.39. The molecule has 1 unspecified atom stereocenters. The maximum Gasteiger partial charge on any atom is 0.319 e. The van der Waals surface area contributed by atoms with E-state index in [2.05, 4.69) is 10.6 Å². The fourth-order valence-corrected chi connectivity index (χ4v) is 3.47. The van der Waals surface area contributed by atoms with Crippen LogP contribution in [0, 0.1) is 0 Å². The minimum absolute atomic E-state index is 0.0862. The highest BCUT2D eigenvalue weighted by Crippen LogP contribution is 2.41. The molecule has 0 aromatic heterocycles. The lowest BCUT2D eigenvalue weighted by atomic mass is 10.3. The molecule has 0 aromatic rings. The van der Waals surface area contributed by atoms with Gasteiger partial charge in [-0.05, 0) is 0 Å². The first-order valence-electron chi connectivity index (χ1n) is 2.93. The van der Waals surface area contributed by atoms with Crippen molar-refractivity contribution in [2.45, 2.75) is 6.04 Å². The van der Waals surface area contributed by atoms with Gasteiger partial charge < -0.3 is 10.6 Å². The normalized spacial score (nSPS) is 30.2. The number of carbonyl (C=O) groups excluding carboxylic acids is 1. The largest absolute Gasteiger partial charge is 0.330 e. The monoisotopic (exact) mass is 174 g/mol. The SMILES string of the molecule is O=C1NC=C2SSCC2N1. The van der Waals surface area contributed by atoms with E-state index in [4.69, 9.17) is 0 Å². The number of amides is 2. The van der Waals surface area contributed by atoms with Crippen LogP contribution in [-0.2, 0) is 0 Å². The molecule has 0 bridgehead atoms. The summed E-state index contributed by atoms with van der Waals surface area (Å²) in [6, 6.07) is 0.181. The Morgan fingerprint density at radius 2 is 2.60 bits per heavy atom. The molecule has 2 heterocycles. The van der Waals surface area contributed by atoms with Crippen LogP contribution in [0.1, 0.15) is 0 Å². The first kappa shape index (κ1) is 6.42. The van der Waals surface area contributed by atoms with Crippen molar-refractivity contribution in [3.05, 3.63) is 11.1 Å². The van der Waals surface area contributed by atoms with Gasteiger partial charge in [-0.3, -0.25) is 0 Å². The molecule has 5 heteroatoms. The van der Waals surface area contributed by atoms with E-state index < -0.39 is 0 Å². The molecule has 2 N–H and O–H groups in total. The maximum absolute atomic E-state index is 10.7. The summed E-state index contributed by atoms with van der Waals surface area (Å²) in [4.78, 5) is 11.9. The summed E-state index contributed by atoms with van der Waals surface area (Å²) in [7, 11) is 3.50. The quantitative estimate of drug-likeness (QED) is 0.536. The predicted molar refractivity (Wildman–Crippen MR) is 43.6 cm³/mol. The Labute approximate surface area is 66.4 Å². The summed E-state index contributed by atoms with van der Waals surface area (Å²) in [5.74, 6) is 0.990. The molecule has 0 radical (unpaired) electrons. The van der Waals surface area contributed by atoms with Crippen LogP contribution in [-0.4, -0.2) is 17.8 Å². The third-order valence-corrected chi connectivity index (χ3v) is 3.91. The van der Waals surface area contributed by atoms with E-state index in [1.165, 1.54) is 4.91 Å². The number of hydrogen-bond acceptors (Lipinski definition) is 3. The summed E-state index contributed by atoms with van der Waals surface area (Å²) in [6.45, 7) is 0. The lowest BCUT2D eigenvalue weighted by Gasteiger charge is -2.17. The Balaban J connectivity index is 2.20. The van der Waals surface area contributed by atoms with Crippen molar-refractivity contribution in [1.82, 2.24) is 10.6 Å². The van der Waals surface area contributed by atoms with Gasteiger partial charge in [0.15, 0.2) is 0 Å². The first-order valence-corrected chi connectivity index (χ1v) is 5.25. The van der Waals surface area contributed by atoms with Crippen molar-refractivity contribution >= 4 is 27.6 Å². The first-order chi connectivity index (χ1) is 4.86. The molecule has 0 aliphatic carbocycles. The fourth-order valence-electron chi connectivity index (χ4n) is 0.884. The number of carbonyl (C=O) groups is 1. The molecule has 2 aliphatic heterocycles. The zero-order valence-corrected chi connectivity index (χ0v) is 6.72. The average molecular weight is 174 g/mol. The standard InChI is InChI=1S/C5H6N2OS2/c8-5-6-1-4-3(7-5)2-9-10-4/h1,3H,2H2,(H2,6,7,8). The van der Waals surface area contributed by atoms with Crippen molar-refractivity contribution in [3.8, 4) is 0 Å². The van der Waals surface area contributed by atoms with E-state index >= 15 is 0 Å². The highest BCUT2D eigenvalue weighted by molar-refractivity contribution is 8.78. The molecule has 1 atom stereocenters. The minimum atomic E-state index is -0.0862. The number of hydrogen-bond donors (Lipinski definition) is 2. The van der Waals surface area contributed by atoms with Crippen molar-refractivity contribution in [2.24, 2.45) is 0 Å². The van der Waals surface area contributed by atoms with E-state index in [0.717, 1.165) is 5.75 Å². The van der Waals surface area contributed by atoms with Gasteiger partial charge in [-0.15, -0.1) is 0 Å². The van der Waals surface area contributed by atoms with Crippen LogP contribution in [0.15, 0.2) is 11.1 Å². The molecule has 0 spiro atoms. The summed E-state index contributed by atoms with van der Waals surface area (Å²) in [5.41, 5.74) is 0. The zero-order chi connectivity index (χ0) is 6.97. The molecule has 3 nitrogen and oxygen atoms in total. The van der Waals surface area contributed by atoms with Crippen LogP contribution in [0.3, 0.4) is 0 Å². The predicted octanol–water partition coefficient (Wildman–Crippen LogP) is 0.904. The van der Waals surface area contributed by atoms with Gasteiger partial charge in [0.25, 0.3) is 0 Å². The fraction of sp³-hybridized carbons (Fsp3) is 0.400. The molecule has 1 saturated heterocycles. The van der Waals surface area contributed by atoms with E-state index in [0.29, 0.717) is 0 Å². The molecule has 0 aromatic carbocycles. The van der Waals surface area contributed by atoms with Gasteiger partial charge in [0.05, 0.1) is 6.04 Å². The van der Waals surface area contributed by atoms with E-state index in [9.17, 15) is 4.79 Å². The summed E-state index contributed by atoms with van der Waals surface area (Å²) < 4.78 is 0. The van der Waals surface area contributed by atoms with Crippen LogP contribution in [0.25, 0.3) is 0 Å². The van der Waals surface area contributed by atoms with Crippen LogP contribution in [0.5, 0.6) is 0 Å². The van der Waals surface area contributed by atoms with Crippen molar-refractivity contribution < 1.29 is 4.79 Å². The highest BCUT2D eigenvalue weighted by Gasteiger charge is 2.26. The van der Waals surface area contributed by atoms with E-state index in [1.807, 2.05) is 0 Å². The molecular weight excluding hydrogens is 168 g/mol. The van der Waals surface area contributed by atoms with Gasteiger partial charge in [-0.1, -0.05) is 21.6 Å². The second-order valence-electron chi connectivity index (χ2n) is 2.08. The molecule has 1 fully saturated rings. The van der Waals surface area contributed by atoms with Crippen LogP contribution in [0.4, 0.5) is 4.79 Å². The Hall–Kier alpha value is -0.290. The van der Waals surface area contributed by atoms with Crippen LogP contribution in [0.2, 0.25) is 0 Å². The lowest BCUT2D eigenvalue weighted by molar-refractivity contribution is 0.241. The summed E-state index contributed by atoms with van der Waals surface area (Å²) in [5, 5.41) is 5.43. The van der Waals surface area contributed by atoms with Gasteiger partial charge in [-0.2, -0.15) is 0 Å². The number of rotatable bonds is 0. The second-order valence-corrected chi connectivity index (χ2v) is 4.50. The smallest absolute Gasteiger partial charge is 0.319 e. The molecular formula is C5H6N2OS2. The van der Waals surface area contributed by atoms with E-state index in [-0.39, 0.29) is 12.1 Å². The zero-order valence-electron chi connectivity index (χ0n) is 5.09. The van der Waals surface area contributed by atoms with Crippen molar-refractivity contribution in [3.63, 3.8) is 0 Å². The third kappa shape index (κ3) is 0.992. The molecule has 54 valence electrons. The molecule has 2 amide bonds. The minimum Gasteiger partial charge on any atom is -0.330 e. The van der Waals surface area contributed by atoms with Gasteiger partial charge in [0, 0.05) is 16.9 Å². The van der Waals surface area contributed by atoms with Gasteiger partial charge in [0.1, 0.15) is 0 Å². The number of urea groups is 1. The van der Waals surface area contributed by atoms with Crippen LogP contribution < -0.4 is 10.6 Å². The van der Waals surface area contributed by atoms with Gasteiger partial charge in [-0.25, -0.2) is 4.79 Å². The summed E-state index contributed by atoms with van der Waals surface area (Å²) in [6.07, 6.45) is 1.79. The van der Waals surface area contributed by atoms with Crippen molar-refractivity contribution in [2.75, 3.05) is 5.75 Å². The van der Waals surface area contributed by atoms with Crippen molar-refractivity contribution in [1.29, 1.82) is 0 Å². The molecule has 2 rings (SSSR count). The third-order valence-electron chi connectivity index (χ3n) is 1.38. The van der Waals surface area contributed by atoms with Crippen LogP contribution >= 0.6 is 21.6 Å². The molecule has 10 heavy (non-hydrogen) atoms. The molecule has 2 aliphatic rings. The highest BCUT2D eigenvalue weighted by atomic mass is 33.1. The number of fused-ring (bicyclic) bond motifs is 1. The lowest BCUT2D eigenvalue weighted by Crippen LogP contribution is -2.44. The van der Waals surface area contributed by atoms with E-state index in [1.54, 1.807) is 27.8 Å². The van der Waals surface area contributed by atoms with Gasteiger partial charge in [0.2, 0.25) is 0 Å².